The molecule has 0 atom stereocenters. The van der Waals surface area contributed by atoms with Gasteiger partial charge < -0.3 is 5.32 Å². The summed E-state index contributed by atoms with van der Waals surface area (Å²) in [5.41, 5.74) is 0.971. The minimum atomic E-state index is -0.0842. The van der Waals surface area contributed by atoms with Crippen molar-refractivity contribution in [3.63, 3.8) is 0 Å². The smallest absolute Gasteiger partial charge is 0.244 e. The molecule has 22 heavy (non-hydrogen) atoms. The van der Waals surface area contributed by atoms with Gasteiger partial charge in [0.15, 0.2) is 0 Å². The van der Waals surface area contributed by atoms with Crippen molar-refractivity contribution in [1.29, 1.82) is 0 Å². The number of carbonyl (C=O) groups excluding carboxylic acids is 1. The fraction of sp³-hybridized carbons (Fsp3) is 0.125. The molecule has 0 aliphatic carbocycles. The van der Waals surface area contributed by atoms with Gasteiger partial charge in [-0.3, -0.25) is 9.48 Å². The number of aromatic nitrogens is 2. The number of thiophene rings is 2. The molecule has 3 rings (SSSR count). The maximum absolute atomic E-state index is 11.7. The van der Waals surface area contributed by atoms with E-state index in [9.17, 15) is 4.79 Å². The fourth-order valence-electron chi connectivity index (χ4n) is 1.94. The molecular formula is C16H15N3OS2. The molecular weight excluding hydrogens is 314 g/mol. The van der Waals surface area contributed by atoms with Crippen molar-refractivity contribution in [2.45, 2.75) is 6.54 Å². The van der Waals surface area contributed by atoms with Gasteiger partial charge in [-0.15, -0.1) is 22.7 Å². The van der Waals surface area contributed by atoms with Crippen LogP contribution in [0.3, 0.4) is 0 Å². The first kappa shape index (κ1) is 14.7. The average molecular weight is 329 g/mol. The van der Waals surface area contributed by atoms with E-state index in [-0.39, 0.29) is 5.91 Å². The van der Waals surface area contributed by atoms with Gasteiger partial charge in [0.2, 0.25) is 5.91 Å². The zero-order valence-corrected chi connectivity index (χ0v) is 13.4. The van der Waals surface area contributed by atoms with Gasteiger partial charge in [-0.1, -0.05) is 12.1 Å². The summed E-state index contributed by atoms with van der Waals surface area (Å²) in [5, 5.41) is 11.4. The van der Waals surface area contributed by atoms with Crippen LogP contribution in [0, 0.1) is 0 Å². The van der Waals surface area contributed by atoms with Crippen molar-refractivity contribution in [2.24, 2.45) is 0 Å². The maximum Gasteiger partial charge on any atom is 0.244 e. The number of carbonyl (C=O) groups is 1. The van der Waals surface area contributed by atoms with Crippen LogP contribution in [-0.2, 0) is 11.3 Å². The Morgan fingerprint density at radius 3 is 2.86 bits per heavy atom. The lowest BCUT2D eigenvalue weighted by atomic mass is 10.3. The molecule has 0 bridgehead atoms. The topological polar surface area (TPSA) is 46.9 Å². The van der Waals surface area contributed by atoms with E-state index >= 15 is 0 Å². The maximum atomic E-state index is 11.7. The van der Waals surface area contributed by atoms with Gasteiger partial charge >= 0.3 is 0 Å². The Labute approximate surface area is 136 Å². The molecule has 0 aromatic carbocycles. The highest BCUT2D eigenvalue weighted by molar-refractivity contribution is 7.13. The molecule has 0 saturated carbocycles. The SMILES string of the molecule is O=C(/C=C/c1cccs1)NCCn1ccc(-c2cccs2)n1. The number of amides is 1. The Balaban J connectivity index is 1.46. The third-order valence-corrected chi connectivity index (χ3v) is 4.73. The third kappa shape index (κ3) is 3.93. The number of hydrogen-bond donors (Lipinski definition) is 1. The van der Waals surface area contributed by atoms with Crippen molar-refractivity contribution in [2.75, 3.05) is 6.54 Å². The van der Waals surface area contributed by atoms with Crippen LogP contribution >= 0.6 is 22.7 Å². The second kappa shape index (κ2) is 7.20. The number of rotatable bonds is 6. The van der Waals surface area contributed by atoms with Gasteiger partial charge in [-0.05, 0) is 35.0 Å². The van der Waals surface area contributed by atoms with Crippen molar-refractivity contribution in [1.82, 2.24) is 15.1 Å². The van der Waals surface area contributed by atoms with Crippen LogP contribution in [0.5, 0.6) is 0 Å². The molecule has 0 fully saturated rings. The van der Waals surface area contributed by atoms with Gasteiger partial charge in [0, 0.05) is 23.7 Å². The summed E-state index contributed by atoms with van der Waals surface area (Å²) in [6, 6.07) is 9.99. The number of hydrogen-bond acceptors (Lipinski definition) is 4. The zero-order chi connectivity index (χ0) is 15.2. The highest BCUT2D eigenvalue weighted by atomic mass is 32.1. The average Bonchev–Trinajstić information content (AvgIpc) is 3.26. The minimum absolute atomic E-state index is 0.0842. The van der Waals surface area contributed by atoms with Crippen LogP contribution in [0.25, 0.3) is 16.6 Å². The van der Waals surface area contributed by atoms with Crippen molar-refractivity contribution in [3.8, 4) is 10.6 Å². The van der Waals surface area contributed by atoms with Crippen LogP contribution in [0.15, 0.2) is 53.4 Å². The number of nitrogens with one attached hydrogen (secondary N) is 1. The molecule has 0 radical (unpaired) electrons. The van der Waals surface area contributed by atoms with E-state index in [1.807, 2.05) is 52.0 Å². The van der Waals surface area contributed by atoms with E-state index < -0.39 is 0 Å². The van der Waals surface area contributed by atoms with Gasteiger partial charge in [0.05, 0.1) is 11.4 Å². The molecule has 0 saturated heterocycles. The lowest BCUT2D eigenvalue weighted by Gasteiger charge is -2.02. The highest BCUT2D eigenvalue weighted by Crippen LogP contribution is 2.22. The summed E-state index contributed by atoms with van der Waals surface area (Å²) < 4.78 is 1.85. The monoisotopic (exact) mass is 329 g/mol. The van der Waals surface area contributed by atoms with Crippen LogP contribution in [-0.4, -0.2) is 22.2 Å². The zero-order valence-electron chi connectivity index (χ0n) is 11.8. The predicted octanol–water partition coefficient (Wildman–Crippen LogP) is 3.50. The Hall–Kier alpha value is -2.18. The van der Waals surface area contributed by atoms with E-state index in [0.29, 0.717) is 13.1 Å². The van der Waals surface area contributed by atoms with Gasteiger partial charge in [0.25, 0.3) is 0 Å². The quantitative estimate of drug-likeness (QED) is 0.704. The lowest BCUT2D eigenvalue weighted by molar-refractivity contribution is -0.116. The standard InChI is InChI=1S/C16H15N3OS2/c20-16(6-5-13-3-1-11-21-13)17-8-10-19-9-7-14(18-19)15-4-2-12-22-15/h1-7,9,11-12H,8,10H2,(H,17,20)/b6-5+. The Bertz CT molecular complexity index is 742. The molecule has 6 heteroatoms. The van der Waals surface area contributed by atoms with Crippen molar-refractivity contribution in [3.05, 3.63) is 58.2 Å². The Kier molecular flexibility index (Phi) is 4.82. The first-order valence-electron chi connectivity index (χ1n) is 6.88. The molecule has 0 spiro atoms. The van der Waals surface area contributed by atoms with E-state index in [4.69, 9.17) is 0 Å². The molecule has 3 aromatic rings. The Morgan fingerprint density at radius 2 is 2.09 bits per heavy atom. The minimum Gasteiger partial charge on any atom is -0.351 e. The normalized spacial score (nSPS) is 11.1. The molecule has 0 aliphatic heterocycles. The lowest BCUT2D eigenvalue weighted by Crippen LogP contribution is -2.25. The summed E-state index contributed by atoms with van der Waals surface area (Å²) in [5.74, 6) is -0.0842. The summed E-state index contributed by atoms with van der Waals surface area (Å²) in [4.78, 5) is 13.9. The van der Waals surface area contributed by atoms with E-state index in [0.717, 1.165) is 15.4 Å². The van der Waals surface area contributed by atoms with Gasteiger partial charge in [0.1, 0.15) is 5.69 Å². The number of nitrogens with zero attached hydrogens (tertiary/aromatic N) is 2. The fourth-order valence-corrected chi connectivity index (χ4v) is 3.25. The summed E-state index contributed by atoms with van der Waals surface area (Å²) in [6.07, 6.45) is 5.32. The van der Waals surface area contributed by atoms with Crippen LogP contribution in [0.4, 0.5) is 0 Å². The van der Waals surface area contributed by atoms with E-state index in [2.05, 4.69) is 16.5 Å². The summed E-state index contributed by atoms with van der Waals surface area (Å²) in [6.45, 7) is 1.21. The van der Waals surface area contributed by atoms with Crippen molar-refractivity contribution >= 4 is 34.7 Å². The highest BCUT2D eigenvalue weighted by Gasteiger charge is 2.03. The summed E-state index contributed by atoms with van der Waals surface area (Å²) >= 11 is 3.28. The van der Waals surface area contributed by atoms with E-state index in [1.54, 1.807) is 28.7 Å². The summed E-state index contributed by atoms with van der Waals surface area (Å²) in [7, 11) is 0. The molecule has 3 heterocycles. The molecule has 3 aromatic heterocycles. The molecule has 0 aliphatic rings. The van der Waals surface area contributed by atoms with Crippen LogP contribution in [0.1, 0.15) is 4.88 Å². The van der Waals surface area contributed by atoms with Crippen LogP contribution in [0.2, 0.25) is 0 Å². The van der Waals surface area contributed by atoms with Gasteiger partial charge in [-0.25, -0.2) is 0 Å². The van der Waals surface area contributed by atoms with Crippen molar-refractivity contribution < 1.29 is 4.79 Å². The first-order chi connectivity index (χ1) is 10.8. The predicted molar refractivity (Wildman–Crippen MR) is 91.9 cm³/mol. The Morgan fingerprint density at radius 1 is 1.23 bits per heavy atom. The molecule has 1 amide bonds. The first-order valence-corrected chi connectivity index (χ1v) is 8.64. The second-order valence-electron chi connectivity index (χ2n) is 4.58. The van der Waals surface area contributed by atoms with E-state index in [1.165, 1.54) is 0 Å². The molecule has 4 nitrogen and oxygen atoms in total. The third-order valence-electron chi connectivity index (χ3n) is 3.00. The molecule has 0 unspecified atom stereocenters. The molecule has 112 valence electrons. The molecule has 1 N–H and O–H groups in total. The largest absolute Gasteiger partial charge is 0.351 e. The van der Waals surface area contributed by atoms with Gasteiger partial charge in [-0.2, -0.15) is 5.10 Å². The second-order valence-corrected chi connectivity index (χ2v) is 6.51. The van der Waals surface area contributed by atoms with Crippen LogP contribution < -0.4 is 5.32 Å².